The van der Waals surface area contributed by atoms with Crippen LogP contribution in [-0.2, 0) is 16.9 Å². The van der Waals surface area contributed by atoms with Gasteiger partial charge in [-0.15, -0.1) is 0 Å². The van der Waals surface area contributed by atoms with Gasteiger partial charge in [-0.2, -0.15) is 5.26 Å². The molecule has 1 heterocycles. The molecule has 2 bridgehead atoms. The van der Waals surface area contributed by atoms with E-state index in [9.17, 15) is 10.4 Å². The Morgan fingerprint density at radius 1 is 1.06 bits per heavy atom. The van der Waals surface area contributed by atoms with E-state index in [1.165, 1.54) is 0 Å². The fourth-order valence-corrected chi connectivity index (χ4v) is 6.77. The molecule has 0 amide bonds. The zero-order valence-electron chi connectivity index (χ0n) is 19.2. The zero-order chi connectivity index (χ0) is 24.2. The number of nitriles is 1. The van der Waals surface area contributed by atoms with Gasteiger partial charge in [0.15, 0.2) is 0 Å². The number of nitrogens with zero attached hydrogens (tertiary/aromatic N) is 2. The lowest BCUT2D eigenvalue weighted by atomic mass is 9.69. The van der Waals surface area contributed by atoms with Gasteiger partial charge in [0.25, 0.3) is 0 Å². The van der Waals surface area contributed by atoms with Crippen molar-refractivity contribution in [1.82, 2.24) is 5.16 Å². The minimum Gasteiger partial charge on any atom is -0.385 e. The van der Waals surface area contributed by atoms with Crippen molar-refractivity contribution in [3.63, 3.8) is 0 Å². The quantitative estimate of drug-likeness (QED) is 0.388. The van der Waals surface area contributed by atoms with Crippen molar-refractivity contribution in [2.24, 2.45) is 11.8 Å². The van der Waals surface area contributed by atoms with Crippen molar-refractivity contribution in [2.75, 3.05) is 0 Å². The van der Waals surface area contributed by atoms with E-state index in [0.717, 1.165) is 55.4 Å². The Labute approximate surface area is 214 Å². The van der Waals surface area contributed by atoms with E-state index in [0.29, 0.717) is 39.4 Å². The van der Waals surface area contributed by atoms with E-state index in [4.69, 9.17) is 32.5 Å². The van der Waals surface area contributed by atoms with Crippen LogP contribution in [0.1, 0.15) is 66.9 Å². The second-order valence-electron chi connectivity index (χ2n) is 10.1. The SMILES string of the molecule is N#Cc1cccc([C@@]2(O)[C@@H]3CC[C@H]2C[C@@H](OCc2c(-c4c(Cl)cccc4Cl)noc2C2CC2)C3)c1. The third-order valence-electron chi connectivity index (χ3n) is 8.09. The first-order valence-corrected chi connectivity index (χ1v) is 13.0. The van der Waals surface area contributed by atoms with Gasteiger partial charge in [-0.1, -0.05) is 46.6 Å². The minimum absolute atomic E-state index is 0.0310. The van der Waals surface area contributed by atoms with Gasteiger partial charge in [-0.3, -0.25) is 0 Å². The second-order valence-corrected chi connectivity index (χ2v) is 11.0. The monoisotopic (exact) mass is 508 g/mol. The molecule has 6 rings (SSSR count). The third kappa shape index (κ3) is 3.97. The van der Waals surface area contributed by atoms with Gasteiger partial charge in [0.1, 0.15) is 11.5 Å². The van der Waals surface area contributed by atoms with Crippen LogP contribution in [0.3, 0.4) is 0 Å². The van der Waals surface area contributed by atoms with E-state index in [2.05, 4.69) is 11.2 Å². The molecule has 0 spiro atoms. The van der Waals surface area contributed by atoms with Crippen molar-refractivity contribution in [3.05, 3.63) is 75.0 Å². The van der Waals surface area contributed by atoms with Gasteiger partial charge >= 0.3 is 0 Å². The smallest absolute Gasteiger partial charge is 0.145 e. The van der Waals surface area contributed by atoms with E-state index in [-0.39, 0.29) is 17.9 Å². The Hall–Kier alpha value is -2.36. The predicted molar refractivity (Wildman–Crippen MR) is 133 cm³/mol. The molecule has 180 valence electrons. The van der Waals surface area contributed by atoms with Crippen LogP contribution >= 0.6 is 23.2 Å². The second kappa shape index (κ2) is 8.94. The molecule has 35 heavy (non-hydrogen) atoms. The highest BCUT2D eigenvalue weighted by Crippen LogP contribution is 2.56. The number of hydrogen-bond donors (Lipinski definition) is 1. The number of benzene rings is 2. The molecule has 5 nitrogen and oxygen atoms in total. The highest BCUT2D eigenvalue weighted by Gasteiger charge is 2.54. The van der Waals surface area contributed by atoms with Crippen LogP contribution < -0.4 is 0 Å². The van der Waals surface area contributed by atoms with Gasteiger partial charge in [0.05, 0.1) is 40.0 Å². The van der Waals surface area contributed by atoms with Gasteiger partial charge in [-0.25, -0.2) is 0 Å². The molecule has 1 N–H and O–H groups in total. The fraction of sp³-hybridized carbons (Fsp3) is 0.429. The van der Waals surface area contributed by atoms with Crippen LogP contribution in [0.15, 0.2) is 47.0 Å². The summed E-state index contributed by atoms with van der Waals surface area (Å²) in [4.78, 5) is 0. The summed E-state index contributed by atoms with van der Waals surface area (Å²) in [6, 6.07) is 15.1. The van der Waals surface area contributed by atoms with E-state index < -0.39 is 5.60 Å². The molecule has 3 saturated carbocycles. The topological polar surface area (TPSA) is 79.3 Å². The summed E-state index contributed by atoms with van der Waals surface area (Å²) in [5.74, 6) is 1.45. The Bertz CT molecular complexity index is 1280. The van der Waals surface area contributed by atoms with Gasteiger partial charge in [-0.05, 0) is 80.2 Å². The number of aliphatic hydroxyl groups is 1. The fourth-order valence-electron chi connectivity index (χ4n) is 6.20. The summed E-state index contributed by atoms with van der Waals surface area (Å²) in [7, 11) is 0. The van der Waals surface area contributed by atoms with E-state index >= 15 is 0 Å². The zero-order valence-corrected chi connectivity index (χ0v) is 20.7. The first kappa shape index (κ1) is 23.1. The molecule has 7 heteroatoms. The summed E-state index contributed by atoms with van der Waals surface area (Å²) in [5.41, 5.74) is 2.80. The minimum atomic E-state index is -0.903. The lowest BCUT2D eigenvalue weighted by molar-refractivity contribution is -0.116. The first-order valence-electron chi connectivity index (χ1n) is 12.3. The lowest BCUT2D eigenvalue weighted by Crippen LogP contribution is -2.44. The summed E-state index contributed by atoms with van der Waals surface area (Å²) < 4.78 is 12.3. The van der Waals surface area contributed by atoms with E-state index in [1.54, 1.807) is 18.2 Å². The Morgan fingerprint density at radius 3 is 2.40 bits per heavy atom. The number of hydrogen-bond acceptors (Lipinski definition) is 5. The van der Waals surface area contributed by atoms with Crippen molar-refractivity contribution in [2.45, 2.75) is 62.8 Å². The Kier molecular flexibility index (Phi) is 5.89. The number of ether oxygens (including phenoxy) is 1. The molecule has 0 unspecified atom stereocenters. The number of fused-ring (bicyclic) bond motifs is 2. The standard InChI is InChI=1S/C28H26Cl2N2O3/c29-23-5-2-6-24(30)25(23)26-22(27(35-32-26)17-7-8-17)15-34-21-12-19-9-10-20(13-21)28(19,33)18-4-1-3-16(11-18)14-31/h1-6,11,17,19-21,33H,7-10,12-13,15H2/t19-,20+,21+,28-. The number of halogens is 2. The highest BCUT2D eigenvalue weighted by atomic mass is 35.5. The average Bonchev–Trinajstić information content (AvgIpc) is 3.60. The third-order valence-corrected chi connectivity index (χ3v) is 8.72. The van der Waals surface area contributed by atoms with Gasteiger partial charge in [0.2, 0.25) is 0 Å². The molecule has 0 aliphatic heterocycles. The molecule has 3 fully saturated rings. The molecule has 1 aromatic heterocycles. The normalized spacial score (nSPS) is 27.7. The molecule has 3 aliphatic carbocycles. The Balaban J connectivity index is 1.23. The van der Waals surface area contributed by atoms with Crippen LogP contribution in [0.4, 0.5) is 0 Å². The predicted octanol–water partition coefficient (Wildman–Crippen LogP) is 6.99. The average molecular weight is 509 g/mol. The number of rotatable bonds is 6. The molecule has 3 aromatic rings. The van der Waals surface area contributed by atoms with Crippen LogP contribution in [-0.4, -0.2) is 16.4 Å². The van der Waals surface area contributed by atoms with Crippen LogP contribution in [0, 0.1) is 23.2 Å². The van der Waals surface area contributed by atoms with Crippen molar-refractivity contribution in [3.8, 4) is 17.3 Å². The largest absolute Gasteiger partial charge is 0.385 e. The Morgan fingerprint density at radius 2 is 1.74 bits per heavy atom. The summed E-state index contributed by atoms with van der Waals surface area (Å²) in [6.07, 6.45) is 5.66. The lowest BCUT2D eigenvalue weighted by Gasteiger charge is -2.43. The molecule has 0 saturated heterocycles. The van der Waals surface area contributed by atoms with Gasteiger partial charge in [0, 0.05) is 17.0 Å². The summed E-state index contributed by atoms with van der Waals surface area (Å²) >= 11 is 13.0. The summed E-state index contributed by atoms with van der Waals surface area (Å²) in [5, 5.41) is 26.5. The van der Waals surface area contributed by atoms with Gasteiger partial charge < -0.3 is 14.4 Å². The number of aromatic nitrogens is 1. The van der Waals surface area contributed by atoms with Crippen molar-refractivity contribution < 1.29 is 14.4 Å². The maximum absolute atomic E-state index is 11.8. The maximum Gasteiger partial charge on any atom is 0.145 e. The van der Waals surface area contributed by atoms with Crippen LogP contribution in [0.5, 0.6) is 0 Å². The molecule has 4 atom stereocenters. The van der Waals surface area contributed by atoms with Crippen LogP contribution in [0.2, 0.25) is 10.0 Å². The molecular formula is C28H26Cl2N2O3. The molecule has 2 aromatic carbocycles. The van der Waals surface area contributed by atoms with Crippen molar-refractivity contribution >= 4 is 23.2 Å². The van der Waals surface area contributed by atoms with Crippen molar-refractivity contribution in [1.29, 1.82) is 5.26 Å². The van der Waals surface area contributed by atoms with Crippen LogP contribution in [0.25, 0.3) is 11.3 Å². The highest BCUT2D eigenvalue weighted by molar-refractivity contribution is 6.39. The molecular weight excluding hydrogens is 483 g/mol. The molecule has 3 aliphatic rings. The maximum atomic E-state index is 11.8. The molecule has 0 radical (unpaired) electrons. The van der Waals surface area contributed by atoms with E-state index in [1.807, 2.05) is 24.3 Å². The first-order chi connectivity index (χ1) is 17.0. The summed E-state index contributed by atoms with van der Waals surface area (Å²) in [6.45, 7) is 0.374.